The number of hydrogen-bond donors (Lipinski definition) is 1. The van der Waals surface area contributed by atoms with Gasteiger partial charge in [-0.25, -0.2) is 0 Å². The monoisotopic (exact) mass is 438 g/mol. The summed E-state index contributed by atoms with van der Waals surface area (Å²) in [5, 5.41) is 2.92. The quantitative estimate of drug-likeness (QED) is 0.652. The summed E-state index contributed by atoms with van der Waals surface area (Å²) in [4.78, 5) is 33.5. The van der Waals surface area contributed by atoms with Gasteiger partial charge in [-0.2, -0.15) is 0 Å². The van der Waals surface area contributed by atoms with Crippen molar-refractivity contribution in [3.8, 4) is 5.75 Å². The zero-order valence-corrected chi connectivity index (χ0v) is 19.3. The van der Waals surface area contributed by atoms with Gasteiger partial charge in [-0.15, -0.1) is 0 Å². The molecular formula is C25H34N4O3. The fourth-order valence-corrected chi connectivity index (χ4v) is 4.20. The van der Waals surface area contributed by atoms with Crippen LogP contribution in [0.2, 0.25) is 0 Å². The number of hydrogen-bond acceptors (Lipinski definition) is 5. The number of benzene rings is 1. The highest BCUT2D eigenvalue weighted by molar-refractivity contribution is 5.79. The highest BCUT2D eigenvalue weighted by Crippen LogP contribution is 2.23. The number of pyridine rings is 1. The van der Waals surface area contributed by atoms with Crippen LogP contribution in [0, 0.1) is 0 Å². The number of carbonyl (C=O) groups is 2. The number of amides is 2. The van der Waals surface area contributed by atoms with Gasteiger partial charge in [0.05, 0.1) is 19.6 Å². The van der Waals surface area contributed by atoms with Crippen LogP contribution in [0.15, 0.2) is 48.7 Å². The molecule has 1 aromatic heterocycles. The molecule has 2 aromatic rings. The second-order valence-corrected chi connectivity index (χ2v) is 8.38. The highest BCUT2D eigenvalue weighted by atomic mass is 16.5. The minimum Gasteiger partial charge on any atom is -0.497 e. The van der Waals surface area contributed by atoms with E-state index >= 15 is 0 Å². The van der Waals surface area contributed by atoms with E-state index in [-0.39, 0.29) is 30.3 Å². The first-order chi connectivity index (χ1) is 15.5. The molecule has 1 fully saturated rings. The molecule has 1 saturated heterocycles. The van der Waals surface area contributed by atoms with E-state index in [0.717, 1.165) is 55.9 Å². The van der Waals surface area contributed by atoms with Crippen LogP contribution < -0.4 is 10.1 Å². The summed E-state index contributed by atoms with van der Waals surface area (Å²) in [6.45, 7) is 4.42. The number of nitrogens with one attached hydrogen (secondary N) is 1. The molecule has 0 aliphatic carbocycles. The van der Waals surface area contributed by atoms with E-state index in [1.807, 2.05) is 54.5 Å². The molecule has 2 heterocycles. The van der Waals surface area contributed by atoms with Crippen LogP contribution in [0.5, 0.6) is 5.75 Å². The third kappa shape index (κ3) is 6.79. The van der Waals surface area contributed by atoms with Crippen LogP contribution in [0.3, 0.4) is 0 Å². The maximum Gasteiger partial charge on any atom is 0.224 e. The minimum absolute atomic E-state index is 0.0477. The van der Waals surface area contributed by atoms with Gasteiger partial charge in [-0.05, 0) is 42.7 Å². The van der Waals surface area contributed by atoms with Crippen molar-refractivity contribution in [1.82, 2.24) is 20.1 Å². The van der Waals surface area contributed by atoms with E-state index in [1.165, 1.54) is 6.92 Å². The van der Waals surface area contributed by atoms with Crippen LogP contribution in [0.1, 0.15) is 43.5 Å². The maximum atomic E-state index is 13.1. The summed E-state index contributed by atoms with van der Waals surface area (Å²) < 4.78 is 5.21. The molecule has 2 amide bonds. The van der Waals surface area contributed by atoms with Crippen LogP contribution in [-0.2, 0) is 16.0 Å². The number of methoxy groups -OCH3 is 1. The lowest BCUT2D eigenvalue weighted by Crippen LogP contribution is -2.46. The zero-order chi connectivity index (χ0) is 22.9. The number of aromatic nitrogens is 1. The number of ether oxygens (including phenoxy) is 1. The van der Waals surface area contributed by atoms with Gasteiger partial charge in [0.15, 0.2) is 0 Å². The Morgan fingerprint density at radius 2 is 1.91 bits per heavy atom. The SMILES string of the molecule is COc1ccc(C(CC(=O)N(C)C2CCN(CCc3ccccn3)CC2)NC(C)=O)cc1. The van der Waals surface area contributed by atoms with Crippen molar-refractivity contribution >= 4 is 11.8 Å². The second-order valence-electron chi connectivity index (χ2n) is 8.38. The van der Waals surface area contributed by atoms with E-state index in [2.05, 4.69) is 21.3 Å². The van der Waals surface area contributed by atoms with Gasteiger partial charge in [-0.1, -0.05) is 18.2 Å². The molecule has 1 aliphatic rings. The lowest BCUT2D eigenvalue weighted by Gasteiger charge is -2.37. The van der Waals surface area contributed by atoms with Crippen molar-refractivity contribution in [1.29, 1.82) is 0 Å². The Morgan fingerprint density at radius 1 is 1.19 bits per heavy atom. The molecule has 0 radical (unpaired) electrons. The minimum atomic E-state index is -0.355. The molecule has 7 heteroatoms. The molecule has 1 aromatic carbocycles. The molecule has 172 valence electrons. The molecule has 1 atom stereocenters. The Hall–Kier alpha value is -2.93. The normalized spacial score (nSPS) is 15.7. The van der Waals surface area contributed by atoms with Gasteiger partial charge < -0.3 is 19.9 Å². The summed E-state index contributed by atoms with van der Waals surface area (Å²) in [6, 6.07) is 13.4. The first kappa shape index (κ1) is 23.7. The molecule has 7 nitrogen and oxygen atoms in total. The van der Waals surface area contributed by atoms with E-state index in [1.54, 1.807) is 7.11 Å². The third-order valence-corrected chi connectivity index (χ3v) is 6.18. The number of nitrogens with zero attached hydrogens (tertiary/aromatic N) is 3. The summed E-state index contributed by atoms with van der Waals surface area (Å²) >= 11 is 0. The smallest absolute Gasteiger partial charge is 0.224 e. The van der Waals surface area contributed by atoms with Crippen molar-refractivity contribution in [3.05, 3.63) is 59.9 Å². The maximum absolute atomic E-state index is 13.1. The Balaban J connectivity index is 1.51. The third-order valence-electron chi connectivity index (χ3n) is 6.18. The lowest BCUT2D eigenvalue weighted by atomic mass is 10.00. The first-order valence-corrected chi connectivity index (χ1v) is 11.2. The second kappa shape index (κ2) is 11.6. The van der Waals surface area contributed by atoms with Crippen LogP contribution >= 0.6 is 0 Å². The number of piperidine rings is 1. The van der Waals surface area contributed by atoms with Gasteiger partial charge in [0.2, 0.25) is 11.8 Å². The van der Waals surface area contributed by atoms with Crippen LogP contribution in [0.25, 0.3) is 0 Å². The average molecular weight is 439 g/mol. The predicted octanol–water partition coefficient (Wildman–Crippen LogP) is 2.82. The fourth-order valence-electron chi connectivity index (χ4n) is 4.20. The van der Waals surface area contributed by atoms with E-state index in [0.29, 0.717) is 0 Å². The Bertz CT molecular complexity index is 865. The molecule has 1 unspecified atom stereocenters. The van der Waals surface area contributed by atoms with Crippen LogP contribution in [0.4, 0.5) is 0 Å². The molecule has 1 aliphatic heterocycles. The Labute approximate surface area is 190 Å². The van der Waals surface area contributed by atoms with E-state index in [9.17, 15) is 9.59 Å². The molecular weight excluding hydrogens is 404 g/mol. The fraction of sp³-hybridized carbons (Fsp3) is 0.480. The summed E-state index contributed by atoms with van der Waals surface area (Å²) in [5.74, 6) is 0.641. The number of likely N-dealkylation sites (tertiary alicyclic amines) is 1. The van der Waals surface area contributed by atoms with Gasteiger partial charge in [0.25, 0.3) is 0 Å². The van der Waals surface area contributed by atoms with Gasteiger partial charge >= 0.3 is 0 Å². The van der Waals surface area contributed by atoms with E-state index < -0.39 is 0 Å². The van der Waals surface area contributed by atoms with Crippen molar-refractivity contribution in [2.24, 2.45) is 0 Å². The van der Waals surface area contributed by atoms with Crippen molar-refractivity contribution in [2.45, 2.75) is 44.7 Å². The van der Waals surface area contributed by atoms with Crippen LogP contribution in [-0.4, -0.2) is 66.4 Å². The Morgan fingerprint density at radius 3 is 2.50 bits per heavy atom. The zero-order valence-electron chi connectivity index (χ0n) is 19.3. The summed E-state index contributed by atoms with van der Waals surface area (Å²) in [7, 11) is 3.50. The molecule has 1 N–H and O–H groups in total. The predicted molar refractivity (Wildman–Crippen MR) is 124 cm³/mol. The van der Waals surface area contributed by atoms with Crippen molar-refractivity contribution in [2.75, 3.05) is 33.8 Å². The molecule has 32 heavy (non-hydrogen) atoms. The van der Waals surface area contributed by atoms with Gasteiger partial charge in [-0.3, -0.25) is 14.6 Å². The number of rotatable bonds is 9. The van der Waals surface area contributed by atoms with Gasteiger partial charge in [0.1, 0.15) is 5.75 Å². The summed E-state index contributed by atoms with van der Waals surface area (Å²) in [5.41, 5.74) is 2.01. The largest absolute Gasteiger partial charge is 0.497 e. The van der Waals surface area contributed by atoms with Crippen molar-refractivity contribution in [3.63, 3.8) is 0 Å². The van der Waals surface area contributed by atoms with E-state index in [4.69, 9.17) is 4.74 Å². The van der Waals surface area contributed by atoms with Crippen molar-refractivity contribution < 1.29 is 14.3 Å². The molecule has 0 saturated carbocycles. The standard InChI is InChI=1S/C25H34N4O3/c1-19(30)27-24(20-7-9-23(32-3)10-8-20)18-25(31)28(2)22-12-16-29(17-13-22)15-11-21-6-4-5-14-26-21/h4-10,14,22,24H,11-13,15-18H2,1-3H3,(H,27,30). The first-order valence-electron chi connectivity index (χ1n) is 11.2. The molecule has 3 rings (SSSR count). The van der Waals surface area contributed by atoms with Gasteiger partial charge in [0, 0.05) is 58.0 Å². The topological polar surface area (TPSA) is 74.8 Å². The molecule has 0 bridgehead atoms. The number of carbonyl (C=O) groups excluding carboxylic acids is 2. The molecule has 0 spiro atoms. The lowest BCUT2D eigenvalue weighted by molar-refractivity contribution is -0.133. The Kier molecular flexibility index (Phi) is 8.62. The highest BCUT2D eigenvalue weighted by Gasteiger charge is 2.27. The summed E-state index contributed by atoms with van der Waals surface area (Å²) in [6.07, 6.45) is 4.93. The average Bonchev–Trinajstić information content (AvgIpc) is 2.82.